The van der Waals surface area contributed by atoms with E-state index in [-0.39, 0.29) is 29.6 Å². The zero-order valence-electron chi connectivity index (χ0n) is 10.8. The molecule has 0 aliphatic rings. The van der Waals surface area contributed by atoms with E-state index in [1.165, 1.54) is 12.1 Å². The van der Waals surface area contributed by atoms with Crippen molar-refractivity contribution < 1.29 is 9.32 Å². The van der Waals surface area contributed by atoms with Crippen molar-refractivity contribution in [3.63, 3.8) is 0 Å². The van der Waals surface area contributed by atoms with Crippen LogP contribution in [0.1, 0.15) is 41.7 Å². The molecule has 0 fully saturated rings. The summed E-state index contributed by atoms with van der Waals surface area (Å²) in [4.78, 5) is 25.3. The van der Waals surface area contributed by atoms with Crippen molar-refractivity contribution in [3.05, 3.63) is 51.8 Å². The first-order chi connectivity index (χ1) is 9.06. The highest BCUT2D eigenvalue weighted by Crippen LogP contribution is 2.14. The van der Waals surface area contributed by atoms with Crippen LogP contribution in [0, 0.1) is 0 Å². The molecule has 2 aromatic rings. The molecular weight excluding hydrogens is 246 g/mol. The second kappa shape index (κ2) is 5.51. The van der Waals surface area contributed by atoms with Gasteiger partial charge >= 0.3 is 0 Å². The number of rotatable bonds is 4. The molecule has 0 atom stereocenters. The SMILES string of the molecule is CC(C)c1cc(CNC(=O)c2cccc(=O)[nH]2)no1. The van der Waals surface area contributed by atoms with Gasteiger partial charge in [0.25, 0.3) is 5.91 Å². The van der Waals surface area contributed by atoms with Crippen molar-refractivity contribution in [1.29, 1.82) is 0 Å². The molecule has 0 unspecified atom stereocenters. The van der Waals surface area contributed by atoms with Crippen LogP contribution in [-0.4, -0.2) is 16.0 Å². The van der Waals surface area contributed by atoms with Crippen LogP contribution < -0.4 is 10.9 Å². The molecule has 2 heterocycles. The quantitative estimate of drug-likeness (QED) is 0.871. The van der Waals surface area contributed by atoms with Gasteiger partial charge < -0.3 is 14.8 Å². The third-order valence-electron chi connectivity index (χ3n) is 2.59. The van der Waals surface area contributed by atoms with E-state index < -0.39 is 0 Å². The van der Waals surface area contributed by atoms with Gasteiger partial charge in [-0.25, -0.2) is 0 Å². The molecule has 6 heteroatoms. The lowest BCUT2D eigenvalue weighted by Crippen LogP contribution is -2.25. The number of hydrogen-bond acceptors (Lipinski definition) is 4. The number of hydrogen-bond donors (Lipinski definition) is 2. The lowest BCUT2D eigenvalue weighted by Gasteiger charge is -2.01. The Morgan fingerprint density at radius 2 is 2.26 bits per heavy atom. The molecule has 2 N–H and O–H groups in total. The van der Waals surface area contributed by atoms with Gasteiger partial charge in [0.1, 0.15) is 17.1 Å². The summed E-state index contributed by atoms with van der Waals surface area (Å²) in [6, 6.07) is 6.22. The molecule has 6 nitrogen and oxygen atoms in total. The summed E-state index contributed by atoms with van der Waals surface area (Å²) in [5.41, 5.74) is 0.562. The summed E-state index contributed by atoms with van der Waals surface area (Å²) in [7, 11) is 0. The predicted octanol–water partition coefficient (Wildman–Crippen LogP) is 1.42. The topological polar surface area (TPSA) is 88.0 Å². The second-order valence-electron chi connectivity index (χ2n) is 4.49. The molecule has 0 aliphatic carbocycles. The summed E-state index contributed by atoms with van der Waals surface area (Å²) in [6.45, 7) is 4.25. The van der Waals surface area contributed by atoms with E-state index in [0.717, 1.165) is 5.76 Å². The van der Waals surface area contributed by atoms with Gasteiger partial charge in [-0.1, -0.05) is 25.1 Å². The minimum absolute atomic E-state index is 0.222. The highest BCUT2D eigenvalue weighted by atomic mass is 16.5. The first kappa shape index (κ1) is 13.1. The van der Waals surface area contributed by atoms with Crippen LogP contribution in [0.15, 0.2) is 33.6 Å². The predicted molar refractivity (Wildman–Crippen MR) is 68.8 cm³/mol. The van der Waals surface area contributed by atoms with E-state index in [2.05, 4.69) is 15.5 Å². The van der Waals surface area contributed by atoms with Crippen molar-refractivity contribution in [2.75, 3.05) is 0 Å². The largest absolute Gasteiger partial charge is 0.361 e. The van der Waals surface area contributed by atoms with Gasteiger partial charge in [0.05, 0.1) is 6.54 Å². The van der Waals surface area contributed by atoms with Crippen molar-refractivity contribution in [2.45, 2.75) is 26.3 Å². The van der Waals surface area contributed by atoms with Gasteiger partial charge in [-0.05, 0) is 6.07 Å². The van der Waals surface area contributed by atoms with Crippen LogP contribution >= 0.6 is 0 Å². The Morgan fingerprint density at radius 3 is 2.89 bits per heavy atom. The van der Waals surface area contributed by atoms with Crippen molar-refractivity contribution in [1.82, 2.24) is 15.5 Å². The third-order valence-corrected chi connectivity index (χ3v) is 2.59. The van der Waals surface area contributed by atoms with E-state index in [1.54, 1.807) is 12.1 Å². The lowest BCUT2D eigenvalue weighted by molar-refractivity contribution is 0.0945. The number of nitrogens with one attached hydrogen (secondary N) is 2. The first-order valence-corrected chi connectivity index (χ1v) is 5.99. The van der Waals surface area contributed by atoms with Crippen LogP contribution in [0.5, 0.6) is 0 Å². The van der Waals surface area contributed by atoms with Crippen LogP contribution in [0.25, 0.3) is 0 Å². The minimum Gasteiger partial charge on any atom is -0.361 e. The molecule has 0 aliphatic heterocycles. The number of aromatic amines is 1. The summed E-state index contributed by atoms with van der Waals surface area (Å²) in [5.74, 6) is 0.673. The maximum Gasteiger partial charge on any atom is 0.268 e. The molecule has 100 valence electrons. The Balaban J connectivity index is 1.98. The van der Waals surface area contributed by atoms with E-state index in [0.29, 0.717) is 5.69 Å². The number of carbonyl (C=O) groups is 1. The van der Waals surface area contributed by atoms with E-state index in [1.807, 2.05) is 13.8 Å². The third kappa shape index (κ3) is 3.31. The molecule has 0 saturated carbocycles. The molecule has 0 aromatic carbocycles. The molecule has 0 spiro atoms. The summed E-state index contributed by atoms with van der Waals surface area (Å²) < 4.78 is 5.12. The van der Waals surface area contributed by atoms with Crippen molar-refractivity contribution >= 4 is 5.91 Å². The number of nitrogens with zero attached hydrogens (tertiary/aromatic N) is 1. The molecule has 0 radical (unpaired) electrons. The maximum atomic E-state index is 11.8. The standard InChI is InChI=1S/C13H15N3O3/c1-8(2)11-6-9(16-19-11)7-14-13(18)10-4-3-5-12(17)15-10/h3-6,8H,7H2,1-2H3,(H,14,18)(H,15,17). The van der Waals surface area contributed by atoms with Gasteiger partial charge in [0.15, 0.2) is 0 Å². The van der Waals surface area contributed by atoms with Crippen LogP contribution in [0.2, 0.25) is 0 Å². The number of aromatic nitrogens is 2. The Morgan fingerprint density at radius 1 is 1.47 bits per heavy atom. The molecule has 19 heavy (non-hydrogen) atoms. The highest BCUT2D eigenvalue weighted by molar-refractivity contribution is 5.92. The minimum atomic E-state index is -0.355. The molecule has 0 bridgehead atoms. The maximum absolute atomic E-state index is 11.8. The molecular formula is C13H15N3O3. The van der Waals surface area contributed by atoms with Crippen LogP contribution in [0.3, 0.4) is 0 Å². The second-order valence-corrected chi connectivity index (χ2v) is 4.49. The Labute approximate surface area is 109 Å². The number of carbonyl (C=O) groups excluding carboxylic acids is 1. The van der Waals surface area contributed by atoms with Gasteiger partial charge in [0.2, 0.25) is 5.56 Å². The summed E-state index contributed by atoms with van der Waals surface area (Å²) >= 11 is 0. The van der Waals surface area contributed by atoms with Crippen LogP contribution in [-0.2, 0) is 6.54 Å². The van der Waals surface area contributed by atoms with Gasteiger partial charge in [-0.3, -0.25) is 9.59 Å². The molecule has 2 aromatic heterocycles. The fourth-order valence-corrected chi connectivity index (χ4v) is 1.53. The molecule has 0 saturated heterocycles. The average molecular weight is 261 g/mol. The molecule has 1 amide bonds. The van der Waals surface area contributed by atoms with E-state index in [9.17, 15) is 9.59 Å². The highest BCUT2D eigenvalue weighted by Gasteiger charge is 2.10. The molecule has 2 rings (SSSR count). The number of pyridine rings is 1. The Hall–Kier alpha value is -2.37. The van der Waals surface area contributed by atoms with Crippen molar-refractivity contribution in [3.8, 4) is 0 Å². The number of amides is 1. The number of H-pyrrole nitrogens is 1. The zero-order chi connectivity index (χ0) is 13.8. The van der Waals surface area contributed by atoms with Crippen molar-refractivity contribution in [2.24, 2.45) is 0 Å². The van der Waals surface area contributed by atoms with E-state index in [4.69, 9.17) is 4.52 Å². The monoisotopic (exact) mass is 261 g/mol. The van der Waals surface area contributed by atoms with Gasteiger partial charge in [0, 0.05) is 18.1 Å². The first-order valence-electron chi connectivity index (χ1n) is 5.99. The van der Waals surface area contributed by atoms with Crippen LogP contribution in [0.4, 0.5) is 0 Å². The fraction of sp³-hybridized carbons (Fsp3) is 0.308. The average Bonchev–Trinajstić information content (AvgIpc) is 2.85. The van der Waals surface area contributed by atoms with Gasteiger partial charge in [-0.15, -0.1) is 0 Å². The Kier molecular flexibility index (Phi) is 3.79. The summed E-state index contributed by atoms with van der Waals surface area (Å²) in [6.07, 6.45) is 0. The summed E-state index contributed by atoms with van der Waals surface area (Å²) in [5, 5.41) is 6.52. The fourth-order valence-electron chi connectivity index (χ4n) is 1.53. The van der Waals surface area contributed by atoms with E-state index >= 15 is 0 Å². The zero-order valence-corrected chi connectivity index (χ0v) is 10.8. The smallest absolute Gasteiger partial charge is 0.268 e. The lowest BCUT2D eigenvalue weighted by atomic mass is 10.1. The normalized spacial score (nSPS) is 10.7. The Bertz CT molecular complexity index is 628. The van der Waals surface area contributed by atoms with Gasteiger partial charge in [-0.2, -0.15) is 0 Å².